The Hall–Kier alpha value is -3.41. The maximum Gasteiger partial charge on any atom is 0.252 e. The standard InChI is InChI=1S/C19H18N4O2/c1-13(14-8-10-16(25-2)11-9-14)22-23-19-20-17(12-18(24)21-19)15-6-4-3-5-7-15/h3-12H,1-2H3,(H2,20,21,23,24)/b22-13-. The van der Waals surface area contributed by atoms with Crippen LogP contribution in [0.4, 0.5) is 5.95 Å². The highest BCUT2D eigenvalue weighted by Crippen LogP contribution is 2.16. The second kappa shape index (κ2) is 7.44. The van der Waals surface area contributed by atoms with E-state index in [1.807, 2.05) is 61.5 Å². The predicted octanol–water partition coefficient (Wildman–Crippen LogP) is 3.28. The number of aromatic amines is 1. The second-order valence-electron chi connectivity index (χ2n) is 5.38. The highest BCUT2D eigenvalue weighted by atomic mass is 16.5. The molecule has 2 N–H and O–H groups in total. The lowest BCUT2D eigenvalue weighted by Gasteiger charge is -2.06. The Bertz CT molecular complexity index is 932. The number of nitrogens with zero attached hydrogens (tertiary/aromatic N) is 2. The van der Waals surface area contributed by atoms with E-state index < -0.39 is 0 Å². The van der Waals surface area contributed by atoms with Crippen LogP contribution in [0.1, 0.15) is 12.5 Å². The van der Waals surface area contributed by atoms with Crippen molar-refractivity contribution in [2.75, 3.05) is 12.5 Å². The van der Waals surface area contributed by atoms with Gasteiger partial charge in [-0.2, -0.15) is 5.10 Å². The number of nitrogens with one attached hydrogen (secondary N) is 2. The highest BCUT2D eigenvalue weighted by molar-refractivity contribution is 5.99. The third-order valence-electron chi connectivity index (χ3n) is 3.65. The van der Waals surface area contributed by atoms with Crippen molar-refractivity contribution < 1.29 is 4.74 Å². The molecule has 0 spiro atoms. The predicted molar refractivity (Wildman–Crippen MR) is 99.1 cm³/mol. The summed E-state index contributed by atoms with van der Waals surface area (Å²) < 4.78 is 5.14. The number of hydrogen-bond donors (Lipinski definition) is 2. The molecule has 0 aliphatic heterocycles. The number of methoxy groups -OCH3 is 1. The highest BCUT2D eigenvalue weighted by Gasteiger charge is 2.04. The van der Waals surface area contributed by atoms with Crippen LogP contribution in [0, 0.1) is 0 Å². The molecule has 1 aromatic heterocycles. The fourth-order valence-electron chi connectivity index (χ4n) is 2.30. The van der Waals surface area contributed by atoms with E-state index in [9.17, 15) is 4.79 Å². The minimum Gasteiger partial charge on any atom is -0.497 e. The summed E-state index contributed by atoms with van der Waals surface area (Å²) in [6.45, 7) is 1.87. The van der Waals surface area contributed by atoms with Gasteiger partial charge in [0.2, 0.25) is 5.95 Å². The first-order valence-corrected chi connectivity index (χ1v) is 7.77. The van der Waals surface area contributed by atoms with Gasteiger partial charge in [-0.15, -0.1) is 0 Å². The topological polar surface area (TPSA) is 79.4 Å². The number of rotatable bonds is 5. The lowest BCUT2D eigenvalue weighted by atomic mass is 10.1. The number of ether oxygens (including phenoxy) is 1. The van der Waals surface area contributed by atoms with Gasteiger partial charge in [-0.3, -0.25) is 9.78 Å². The summed E-state index contributed by atoms with van der Waals surface area (Å²) in [5.74, 6) is 1.07. The molecule has 0 fully saturated rings. The second-order valence-corrected chi connectivity index (χ2v) is 5.38. The average Bonchev–Trinajstić information content (AvgIpc) is 2.66. The van der Waals surface area contributed by atoms with E-state index in [1.165, 1.54) is 6.07 Å². The van der Waals surface area contributed by atoms with Gasteiger partial charge in [-0.1, -0.05) is 30.3 Å². The first-order valence-electron chi connectivity index (χ1n) is 7.77. The van der Waals surface area contributed by atoms with E-state index in [0.29, 0.717) is 11.6 Å². The molecule has 0 saturated carbocycles. The lowest BCUT2D eigenvalue weighted by Crippen LogP contribution is -2.11. The normalized spacial score (nSPS) is 11.2. The third-order valence-corrected chi connectivity index (χ3v) is 3.65. The minimum atomic E-state index is -0.242. The smallest absolute Gasteiger partial charge is 0.252 e. The summed E-state index contributed by atoms with van der Waals surface area (Å²) in [7, 11) is 1.62. The Labute approximate surface area is 145 Å². The number of benzene rings is 2. The molecule has 3 rings (SSSR count). The van der Waals surface area contributed by atoms with Crippen LogP contribution in [0.15, 0.2) is 70.6 Å². The summed E-state index contributed by atoms with van der Waals surface area (Å²) >= 11 is 0. The molecule has 126 valence electrons. The first-order chi connectivity index (χ1) is 12.2. The molecular formula is C19H18N4O2. The van der Waals surface area contributed by atoms with Crippen LogP contribution < -0.4 is 15.7 Å². The van der Waals surface area contributed by atoms with E-state index in [2.05, 4.69) is 20.5 Å². The van der Waals surface area contributed by atoms with Crippen molar-refractivity contribution in [3.8, 4) is 17.0 Å². The SMILES string of the molecule is COc1ccc(/C(C)=N\Nc2nc(-c3ccccc3)cc(=O)[nH]2)cc1. The van der Waals surface area contributed by atoms with Gasteiger partial charge in [0.25, 0.3) is 5.56 Å². The van der Waals surface area contributed by atoms with Gasteiger partial charge >= 0.3 is 0 Å². The van der Waals surface area contributed by atoms with Crippen LogP contribution in [-0.2, 0) is 0 Å². The van der Waals surface area contributed by atoms with Crippen LogP contribution in [0.3, 0.4) is 0 Å². The zero-order valence-electron chi connectivity index (χ0n) is 14.0. The Kier molecular flexibility index (Phi) is 4.89. The lowest BCUT2D eigenvalue weighted by molar-refractivity contribution is 0.415. The molecule has 0 amide bonds. The Morgan fingerprint density at radius 3 is 2.52 bits per heavy atom. The van der Waals surface area contributed by atoms with Crippen molar-refractivity contribution >= 4 is 11.7 Å². The molecule has 0 radical (unpaired) electrons. The fraction of sp³-hybridized carbons (Fsp3) is 0.105. The summed E-state index contributed by atoms with van der Waals surface area (Å²) in [6, 6.07) is 18.5. The van der Waals surface area contributed by atoms with E-state index >= 15 is 0 Å². The summed E-state index contributed by atoms with van der Waals surface area (Å²) in [5.41, 5.74) is 5.73. The molecule has 25 heavy (non-hydrogen) atoms. The third kappa shape index (κ3) is 4.11. The van der Waals surface area contributed by atoms with Crippen LogP contribution in [0.25, 0.3) is 11.3 Å². The number of anilines is 1. The molecule has 0 bridgehead atoms. The van der Waals surface area contributed by atoms with Crippen molar-refractivity contribution in [3.63, 3.8) is 0 Å². The summed E-state index contributed by atoms with van der Waals surface area (Å²) in [4.78, 5) is 18.9. The quantitative estimate of drug-likeness (QED) is 0.554. The van der Waals surface area contributed by atoms with E-state index in [-0.39, 0.29) is 5.56 Å². The van der Waals surface area contributed by atoms with Crippen molar-refractivity contribution in [1.82, 2.24) is 9.97 Å². The van der Waals surface area contributed by atoms with Gasteiger partial charge < -0.3 is 4.74 Å². The molecule has 1 heterocycles. The molecule has 6 nitrogen and oxygen atoms in total. The maximum atomic E-state index is 11.9. The van der Waals surface area contributed by atoms with E-state index in [1.54, 1.807) is 7.11 Å². The number of hydrogen-bond acceptors (Lipinski definition) is 5. The molecule has 3 aromatic rings. The van der Waals surface area contributed by atoms with Gasteiger partial charge in [0.15, 0.2) is 0 Å². The fourth-order valence-corrected chi connectivity index (χ4v) is 2.30. The van der Waals surface area contributed by atoms with Crippen LogP contribution in [-0.4, -0.2) is 22.8 Å². The minimum absolute atomic E-state index is 0.242. The molecule has 0 atom stereocenters. The Balaban J connectivity index is 1.82. The van der Waals surface area contributed by atoms with Gasteiger partial charge in [0.05, 0.1) is 18.5 Å². The average molecular weight is 334 g/mol. The number of H-pyrrole nitrogens is 1. The van der Waals surface area contributed by atoms with Crippen molar-refractivity contribution in [2.45, 2.75) is 6.92 Å². The van der Waals surface area contributed by atoms with Gasteiger partial charge in [-0.25, -0.2) is 10.4 Å². The van der Waals surface area contributed by atoms with Crippen molar-refractivity contribution in [3.05, 3.63) is 76.6 Å². The van der Waals surface area contributed by atoms with Crippen LogP contribution in [0.5, 0.6) is 5.75 Å². The molecule has 6 heteroatoms. The molecular weight excluding hydrogens is 316 g/mol. The Morgan fingerprint density at radius 2 is 1.84 bits per heavy atom. The van der Waals surface area contributed by atoms with Crippen LogP contribution in [0.2, 0.25) is 0 Å². The van der Waals surface area contributed by atoms with Gasteiger partial charge in [0.1, 0.15) is 5.75 Å². The molecule has 2 aromatic carbocycles. The van der Waals surface area contributed by atoms with Crippen LogP contribution >= 0.6 is 0 Å². The monoisotopic (exact) mass is 334 g/mol. The van der Waals surface area contributed by atoms with Gasteiger partial charge in [0, 0.05) is 11.6 Å². The summed E-state index contributed by atoms with van der Waals surface area (Å²) in [5, 5.41) is 4.29. The molecule has 0 aliphatic carbocycles. The zero-order chi connectivity index (χ0) is 17.6. The van der Waals surface area contributed by atoms with E-state index in [4.69, 9.17) is 4.74 Å². The maximum absolute atomic E-state index is 11.9. The molecule has 0 saturated heterocycles. The van der Waals surface area contributed by atoms with E-state index in [0.717, 1.165) is 22.6 Å². The molecule has 0 aliphatic rings. The van der Waals surface area contributed by atoms with Gasteiger partial charge in [-0.05, 0) is 36.8 Å². The largest absolute Gasteiger partial charge is 0.497 e. The summed E-state index contributed by atoms with van der Waals surface area (Å²) in [6.07, 6.45) is 0. The Morgan fingerprint density at radius 1 is 1.12 bits per heavy atom. The van der Waals surface area contributed by atoms with Crippen molar-refractivity contribution in [1.29, 1.82) is 0 Å². The zero-order valence-corrected chi connectivity index (χ0v) is 14.0. The van der Waals surface area contributed by atoms with Crippen molar-refractivity contribution in [2.24, 2.45) is 5.10 Å². The molecule has 0 unspecified atom stereocenters. The number of hydrazone groups is 1. The number of aromatic nitrogens is 2. The first kappa shape index (κ1) is 16.4.